The average molecular weight is 204 g/mol. The van der Waals surface area contributed by atoms with Crippen molar-refractivity contribution in [1.29, 1.82) is 0 Å². The van der Waals surface area contributed by atoms with Gasteiger partial charge in [-0.15, -0.1) is 0 Å². The highest BCUT2D eigenvalue weighted by Crippen LogP contribution is 2.27. The van der Waals surface area contributed by atoms with Crippen molar-refractivity contribution in [2.24, 2.45) is 5.89 Å². The first-order valence-electron chi connectivity index (χ1n) is 4.08. The Bertz CT molecular complexity index is 345. The number of carboxylic acid groups (broad SMARTS) is 1. The van der Waals surface area contributed by atoms with Gasteiger partial charge < -0.3 is 5.11 Å². The van der Waals surface area contributed by atoms with E-state index in [2.05, 4.69) is 0 Å². The number of carbonyl (C=O) groups is 1. The molecule has 0 spiro atoms. The number of allylic oxidation sites excluding steroid dienone is 5. The quantitative estimate of drug-likeness (QED) is 0.701. The summed E-state index contributed by atoms with van der Waals surface area (Å²) in [5.41, 5.74) is 0. The summed E-state index contributed by atoms with van der Waals surface area (Å²) in [6.45, 7) is 0. The van der Waals surface area contributed by atoms with Gasteiger partial charge in [-0.3, -0.25) is 0 Å². The van der Waals surface area contributed by atoms with Crippen LogP contribution in [0.15, 0.2) is 35.2 Å². The van der Waals surface area contributed by atoms with E-state index in [1.807, 2.05) is 0 Å². The van der Waals surface area contributed by atoms with E-state index in [1.165, 1.54) is 12.2 Å². The van der Waals surface area contributed by atoms with Crippen molar-refractivity contribution >= 4 is 17.6 Å². The molecule has 1 aliphatic rings. The lowest BCUT2D eigenvalue weighted by Gasteiger charge is -2.10. The molecule has 0 fully saturated rings. The molecule has 0 aromatic rings. The molecule has 0 saturated heterocycles. The first kappa shape index (κ1) is 8.51. The average Bonchev–Trinajstić information content (AvgIpc) is 2.09. The van der Waals surface area contributed by atoms with E-state index < -0.39 is 17.7 Å². The van der Waals surface area contributed by atoms with Gasteiger partial charge in [0, 0.05) is 19.8 Å². The van der Waals surface area contributed by atoms with Crippen molar-refractivity contribution < 1.29 is 15.7 Å². The Balaban J connectivity index is 2.82. The van der Waals surface area contributed by atoms with Gasteiger partial charge in [-0.1, -0.05) is 23.8 Å². The van der Waals surface area contributed by atoms with Crippen LogP contribution in [-0.4, -0.2) is 11.1 Å². The Kier molecular flexibility index (Phi) is 2.77. The zero-order valence-corrected chi connectivity index (χ0v) is 7.38. The maximum Gasteiger partial charge on any atom is 0.327 e. The van der Waals surface area contributed by atoms with Gasteiger partial charge in [-0.25, -0.2) is 9.18 Å². The van der Waals surface area contributed by atoms with E-state index >= 15 is 0 Å². The number of halogens is 2. The maximum absolute atomic E-state index is 13.0. The monoisotopic (exact) mass is 203 g/mol. The Morgan fingerprint density at radius 2 is 2.62 bits per heavy atom. The number of hydrogen-bond acceptors (Lipinski definition) is 1. The lowest BCUT2D eigenvalue weighted by Crippen LogP contribution is -1.99. The molecule has 13 heavy (non-hydrogen) atoms. The second-order valence-corrected chi connectivity index (χ2v) is 2.92. The lowest BCUT2D eigenvalue weighted by atomic mass is 9.99. The normalized spacial score (nSPS) is 29.5. The molecular formula is C9H8ClFO2. The van der Waals surface area contributed by atoms with E-state index in [1.54, 1.807) is 0 Å². The number of hydrogen-bond donors (Lipinski definition) is 1. The summed E-state index contributed by atoms with van der Waals surface area (Å²) < 4.78 is 20.7. The van der Waals surface area contributed by atoms with E-state index in [-0.39, 0.29) is 11.5 Å². The minimum Gasteiger partial charge on any atom is -0.478 e. The number of rotatable bonds is 2. The zero-order chi connectivity index (χ0) is 10.8. The predicted octanol–water partition coefficient (Wildman–Crippen LogP) is 2.62. The summed E-state index contributed by atoms with van der Waals surface area (Å²) in [6.07, 6.45) is 4.34. The number of carboxylic acids is 1. The highest BCUT2D eigenvalue weighted by Gasteiger charge is 2.12. The molecule has 0 saturated carbocycles. The molecule has 0 aromatic heterocycles. The SMILES string of the molecule is [2H]C1(C=CC(=O)O)C=CC(Cl)=C(F)C1. The molecule has 0 bridgehead atoms. The lowest BCUT2D eigenvalue weighted by molar-refractivity contribution is -0.131. The Hall–Kier alpha value is -1.09. The van der Waals surface area contributed by atoms with Gasteiger partial charge in [-0.05, 0) is 6.08 Å². The van der Waals surface area contributed by atoms with Gasteiger partial charge in [0.1, 0.15) is 5.83 Å². The summed E-state index contributed by atoms with van der Waals surface area (Å²) in [7, 11) is 0. The first-order valence-corrected chi connectivity index (χ1v) is 3.96. The van der Waals surface area contributed by atoms with Crippen LogP contribution in [0.1, 0.15) is 7.79 Å². The summed E-state index contributed by atoms with van der Waals surface area (Å²) in [5, 5.41) is 8.32. The summed E-state index contributed by atoms with van der Waals surface area (Å²) in [4.78, 5) is 10.2. The zero-order valence-electron chi connectivity index (χ0n) is 7.63. The fourth-order valence-corrected chi connectivity index (χ4v) is 1.02. The highest BCUT2D eigenvalue weighted by atomic mass is 35.5. The molecule has 1 aliphatic carbocycles. The van der Waals surface area contributed by atoms with Gasteiger partial charge in [-0.2, -0.15) is 0 Å². The van der Waals surface area contributed by atoms with Crippen LogP contribution in [0.25, 0.3) is 0 Å². The minimum absolute atomic E-state index is 0.0309. The van der Waals surface area contributed by atoms with Crippen molar-refractivity contribution in [3.63, 3.8) is 0 Å². The molecule has 2 nitrogen and oxygen atoms in total. The molecule has 0 amide bonds. The fourth-order valence-electron chi connectivity index (χ4n) is 0.886. The predicted molar refractivity (Wildman–Crippen MR) is 48.0 cm³/mol. The minimum atomic E-state index is -1.35. The van der Waals surface area contributed by atoms with E-state index in [9.17, 15) is 9.18 Å². The molecule has 1 rings (SSSR count). The molecule has 0 aliphatic heterocycles. The highest BCUT2D eigenvalue weighted by molar-refractivity contribution is 6.31. The van der Waals surface area contributed by atoms with Crippen molar-refractivity contribution in [2.45, 2.75) is 6.42 Å². The first-order chi connectivity index (χ1) is 6.43. The topological polar surface area (TPSA) is 37.3 Å². The number of aliphatic carboxylic acids is 1. The summed E-state index contributed by atoms with van der Waals surface area (Å²) in [5.74, 6) is -3.11. The van der Waals surface area contributed by atoms with Crippen molar-refractivity contribution in [1.82, 2.24) is 0 Å². The van der Waals surface area contributed by atoms with Crippen LogP contribution in [0.4, 0.5) is 4.39 Å². The molecule has 1 unspecified atom stereocenters. The molecule has 1 atom stereocenters. The Morgan fingerprint density at radius 1 is 1.92 bits per heavy atom. The van der Waals surface area contributed by atoms with Crippen LogP contribution < -0.4 is 0 Å². The fraction of sp³-hybridized carbons (Fsp3) is 0.222. The third-order valence-electron chi connectivity index (χ3n) is 1.50. The van der Waals surface area contributed by atoms with E-state index in [4.69, 9.17) is 18.1 Å². The van der Waals surface area contributed by atoms with Crippen LogP contribution >= 0.6 is 11.6 Å². The van der Waals surface area contributed by atoms with Gasteiger partial charge in [0.25, 0.3) is 0 Å². The smallest absolute Gasteiger partial charge is 0.327 e. The third kappa shape index (κ3) is 3.03. The molecule has 0 heterocycles. The van der Waals surface area contributed by atoms with Crippen molar-refractivity contribution in [3.05, 3.63) is 35.2 Å². The van der Waals surface area contributed by atoms with E-state index in [0.717, 1.165) is 12.2 Å². The standard InChI is InChI=1S/C9H8ClFO2/c10-7-3-1-6(5-8(7)11)2-4-9(12)13/h1-4,6H,5H2,(H,12,13)/i6D. The van der Waals surface area contributed by atoms with Gasteiger partial charge in [0.15, 0.2) is 0 Å². The second kappa shape index (κ2) is 4.23. The molecule has 1 N–H and O–H groups in total. The van der Waals surface area contributed by atoms with Crippen LogP contribution in [0.3, 0.4) is 0 Å². The van der Waals surface area contributed by atoms with Gasteiger partial charge in [0.05, 0.1) is 5.03 Å². The maximum atomic E-state index is 13.0. The van der Waals surface area contributed by atoms with Crippen molar-refractivity contribution in [2.75, 3.05) is 0 Å². The van der Waals surface area contributed by atoms with Crippen LogP contribution in [-0.2, 0) is 4.79 Å². The van der Waals surface area contributed by atoms with Crippen LogP contribution in [0.5, 0.6) is 0 Å². The van der Waals surface area contributed by atoms with Crippen molar-refractivity contribution in [3.8, 4) is 0 Å². The van der Waals surface area contributed by atoms with E-state index in [0.29, 0.717) is 0 Å². The van der Waals surface area contributed by atoms with Crippen LogP contribution in [0, 0.1) is 5.89 Å². The Morgan fingerprint density at radius 3 is 3.15 bits per heavy atom. The molecule has 70 valence electrons. The van der Waals surface area contributed by atoms with Crippen LogP contribution in [0.2, 0.25) is 0 Å². The molecule has 4 heteroatoms. The second-order valence-electron chi connectivity index (χ2n) is 2.51. The van der Waals surface area contributed by atoms with Gasteiger partial charge >= 0.3 is 5.97 Å². The molecular weight excluding hydrogens is 195 g/mol. The summed E-state index contributed by atoms with van der Waals surface area (Å²) >= 11 is 5.45. The molecule has 0 aromatic carbocycles. The third-order valence-corrected chi connectivity index (χ3v) is 1.83. The largest absolute Gasteiger partial charge is 0.478 e. The summed E-state index contributed by atoms with van der Waals surface area (Å²) in [6, 6.07) is 0. The molecule has 0 radical (unpaired) electrons. The van der Waals surface area contributed by atoms with Gasteiger partial charge in [0.2, 0.25) is 0 Å². The Labute approximate surface area is 81.4 Å².